The van der Waals surface area contributed by atoms with Gasteiger partial charge >= 0.3 is 0 Å². The summed E-state index contributed by atoms with van der Waals surface area (Å²) in [6.07, 6.45) is 2.25. The van der Waals surface area contributed by atoms with Crippen molar-refractivity contribution in [2.45, 2.75) is 12.8 Å². The van der Waals surface area contributed by atoms with Crippen molar-refractivity contribution in [2.24, 2.45) is 10.4 Å². The minimum atomic E-state index is -0.0736. The van der Waals surface area contributed by atoms with Crippen molar-refractivity contribution < 1.29 is 9.53 Å². The number of amides is 1. The molecule has 2 fully saturated rings. The molecule has 1 spiro atoms. The van der Waals surface area contributed by atoms with E-state index in [2.05, 4.69) is 20.5 Å². The van der Waals surface area contributed by atoms with Crippen LogP contribution in [0.15, 0.2) is 35.3 Å². The Morgan fingerprint density at radius 2 is 2.12 bits per heavy atom. The number of rotatable bonds is 3. The van der Waals surface area contributed by atoms with Gasteiger partial charge in [-0.1, -0.05) is 18.2 Å². The van der Waals surface area contributed by atoms with E-state index in [9.17, 15) is 4.79 Å². The largest absolute Gasteiger partial charge is 0.381 e. The minimum absolute atomic E-state index is 0. The number of carbonyl (C=O) groups excluding carboxylic acids is 1. The smallest absolute Gasteiger partial charge is 0.243 e. The molecule has 6 nitrogen and oxygen atoms in total. The van der Waals surface area contributed by atoms with Crippen LogP contribution >= 0.6 is 24.0 Å². The molecule has 2 aliphatic rings. The van der Waals surface area contributed by atoms with Gasteiger partial charge in [-0.2, -0.15) is 0 Å². The van der Waals surface area contributed by atoms with E-state index >= 15 is 0 Å². The van der Waals surface area contributed by atoms with E-state index in [0.717, 1.165) is 50.8 Å². The second-order valence-electron chi connectivity index (χ2n) is 6.29. The minimum Gasteiger partial charge on any atom is -0.381 e. The molecule has 2 aliphatic heterocycles. The zero-order valence-corrected chi connectivity index (χ0v) is 16.3. The summed E-state index contributed by atoms with van der Waals surface area (Å²) in [5, 5.41) is 6.03. The number of nitrogens with zero attached hydrogens (tertiary/aromatic N) is 2. The average molecular weight is 444 g/mol. The normalized spacial score (nSPS) is 23.2. The van der Waals surface area contributed by atoms with Crippen molar-refractivity contribution in [3.8, 4) is 0 Å². The summed E-state index contributed by atoms with van der Waals surface area (Å²) < 4.78 is 5.56. The van der Waals surface area contributed by atoms with Crippen molar-refractivity contribution in [1.82, 2.24) is 10.2 Å². The topological polar surface area (TPSA) is 66.0 Å². The molecular formula is C17H25IN4O2. The van der Waals surface area contributed by atoms with E-state index in [1.165, 1.54) is 0 Å². The molecule has 0 bridgehead atoms. The fraction of sp³-hybridized carbons (Fsp3) is 0.529. The van der Waals surface area contributed by atoms with Gasteiger partial charge in [-0.05, 0) is 25.0 Å². The van der Waals surface area contributed by atoms with Crippen LogP contribution in [0.1, 0.15) is 12.8 Å². The van der Waals surface area contributed by atoms with Gasteiger partial charge in [0.05, 0.1) is 13.2 Å². The highest BCUT2D eigenvalue weighted by Gasteiger charge is 2.42. The van der Waals surface area contributed by atoms with Gasteiger partial charge in [-0.15, -0.1) is 24.0 Å². The second-order valence-corrected chi connectivity index (χ2v) is 6.29. The number of hydrogen-bond donors (Lipinski definition) is 2. The van der Waals surface area contributed by atoms with Crippen LogP contribution in [0, 0.1) is 5.41 Å². The molecule has 0 saturated carbocycles. The van der Waals surface area contributed by atoms with E-state index in [4.69, 9.17) is 4.74 Å². The molecule has 0 radical (unpaired) electrons. The number of ether oxygens (including phenoxy) is 1. The van der Waals surface area contributed by atoms with Crippen LogP contribution in [0.3, 0.4) is 0 Å². The van der Waals surface area contributed by atoms with Crippen molar-refractivity contribution >= 4 is 41.5 Å². The molecule has 2 heterocycles. The molecule has 132 valence electrons. The standard InChI is InChI=1S/C17H24N4O2.HI/c1-18-16(21-9-7-17(12-21)8-10-23-13-17)19-11-15(22)20-14-5-3-2-4-6-14;/h2-6H,7-13H2,1H3,(H,18,19)(H,20,22);1H. The Kier molecular flexibility index (Phi) is 6.85. The van der Waals surface area contributed by atoms with Gasteiger partial charge in [0.25, 0.3) is 0 Å². The lowest BCUT2D eigenvalue weighted by Crippen LogP contribution is -2.44. The molecule has 7 heteroatoms. The molecule has 1 amide bonds. The summed E-state index contributed by atoms with van der Waals surface area (Å²) in [7, 11) is 1.76. The predicted molar refractivity (Wildman–Crippen MR) is 106 cm³/mol. The Morgan fingerprint density at radius 3 is 2.79 bits per heavy atom. The fourth-order valence-corrected chi connectivity index (χ4v) is 3.31. The first-order valence-corrected chi connectivity index (χ1v) is 8.09. The molecule has 3 rings (SSSR count). The molecule has 0 aromatic heterocycles. The van der Waals surface area contributed by atoms with Crippen molar-refractivity contribution in [2.75, 3.05) is 45.2 Å². The number of aliphatic imine (C=N–C) groups is 1. The first-order valence-electron chi connectivity index (χ1n) is 8.09. The number of guanidine groups is 1. The number of carbonyl (C=O) groups is 1. The Bertz CT molecular complexity index is 573. The Balaban J connectivity index is 0.00000208. The van der Waals surface area contributed by atoms with Crippen molar-refractivity contribution in [3.05, 3.63) is 30.3 Å². The van der Waals surface area contributed by atoms with Crippen LogP contribution in [0.4, 0.5) is 5.69 Å². The number of likely N-dealkylation sites (tertiary alicyclic amines) is 1. The maximum Gasteiger partial charge on any atom is 0.243 e. The Hall–Kier alpha value is -1.35. The summed E-state index contributed by atoms with van der Waals surface area (Å²) >= 11 is 0. The van der Waals surface area contributed by atoms with Gasteiger partial charge in [0.1, 0.15) is 0 Å². The third-order valence-electron chi connectivity index (χ3n) is 4.60. The van der Waals surface area contributed by atoms with E-state index in [0.29, 0.717) is 0 Å². The highest BCUT2D eigenvalue weighted by Crippen LogP contribution is 2.38. The number of hydrogen-bond acceptors (Lipinski definition) is 3. The second kappa shape index (κ2) is 8.66. The van der Waals surface area contributed by atoms with Crippen LogP contribution in [-0.4, -0.2) is 56.7 Å². The fourth-order valence-electron chi connectivity index (χ4n) is 3.31. The highest BCUT2D eigenvalue weighted by atomic mass is 127. The molecular weight excluding hydrogens is 419 g/mol. The van der Waals surface area contributed by atoms with Crippen LogP contribution in [0.25, 0.3) is 0 Å². The monoisotopic (exact) mass is 444 g/mol. The van der Waals surface area contributed by atoms with Gasteiger partial charge in [-0.3, -0.25) is 9.79 Å². The van der Waals surface area contributed by atoms with Gasteiger partial charge in [0.15, 0.2) is 5.96 Å². The van der Waals surface area contributed by atoms with Gasteiger partial charge in [-0.25, -0.2) is 0 Å². The zero-order valence-electron chi connectivity index (χ0n) is 14.0. The molecule has 2 N–H and O–H groups in total. The summed E-state index contributed by atoms with van der Waals surface area (Å²) in [6, 6.07) is 9.46. The van der Waals surface area contributed by atoms with E-state index < -0.39 is 0 Å². The summed E-state index contributed by atoms with van der Waals surface area (Å²) in [4.78, 5) is 18.6. The molecule has 1 aromatic rings. The lowest BCUT2D eigenvalue weighted by molar-refractivity contribution is -0.115. The summed E-state index contributed by atoms with van der Waals surface area (Å²) in [5.41, 5.74) is 1.08. The third kappa shape index (κ3) is 4.60. The predicted octanol–water partition coefficient (Wildman–Crippen LogP) is 1.93. The Labute approximate surface area is 160 Å². The first-order chi connectivity index (χ1) is 11.2. The first kappa shape index (κ1) is 19.0. The lowest BCUT2D eigenvalue weighted by Gasteiger charge is -2.24. The SMILES string of the molecule is CN=C(NCC(=O)Nc1ccccc1)N1CCC2(CCOC2)C1.I. The van der Waals surface area contributed by atoms with Gasteiger partial charge in [0.2, 0.25) is 5.91 Å². The van der Waals surface area contributed by atoms with E-state index in [1.807, 2.05) is 30.3 Å². The number of benzene rings is 1. The van der Waals surface area contributed by atoms with Crippen LogP contribution in [0.2, 0.25) is 0 Å². The number of para-hydroxylation sites is 1. The highest BCUT2D eigenvalue weighted by molar-refractivity contribution is 14.0. The van der Waals surface area contributed by atoms with Gasteiger partial charge in [0, 0.05) is 37.8 Å². The number of halogens is 1. The van der Waals surface area contributed by atoms with Gasteiger partial charge < -0.3 is 20.3 Å². The molecule has 2 saturated heterocycles. The zero-order chi connectivity index (χ0) is 16.1. The van der Waals surface area contributed by atoms with Crippen molar-refractivity contribution in [1.29, 1.82) is 0 Å². The third-order valence-corrected chi connectivity index (χ3v) is 4.60. The summed E-state index contributed by atoms with van der Waals surface area (Å²) in [5.74, 6) is 0.715. The molecule has 1 aromatic carbocycles. The van der Waals surface area contributed by atoms with E-state index in [1.54, 1.807) is 7.05 Å². The van der Waals surface area contributed by atoms with E-state index in [-0.39, 0.29) is 41.8 Å². The van der Waals surface area contributed by atoms with Crippen molar-refractivity contribution in [3.63, 3.8) is 0 Å². The Morgan fingerprint density at radius 1 is 1.33 bits per heavy atom. The molecule has 24 heavy (non-hydrogen) atoms. The quantitative estimate of drug-likeness (QED) is 0.425. The molecule has 1 unspecified atom stereocenters. The van der Waals surface area contributed by atoms with Crippen LogP contribution < -0.4 is 10.6 Å². The van der Waals surface area contributed by atoms with Crippen LogP contribution in [-0.2, 0) is 9.53 Å². The summed E-state index contributed by atoms with van der Waals surface area (Å²) in [6.45, 7) is 3.83. The number of anilines is 1. The van der Waals surface area contributed by atoms with Crippen LogP contribution in [0.5, 0.6) is 0 Å². The molecule has 1 atom stereocenters. The number of nitrogens with one attached hydrogen (secondary N) is 2. The maximum absolute atomic E-state index is 12.0. The molecule has 0 aliphatic carbocycles. The average Bonchev–Trinajstić information content (AvgIpc) is 3.20. The maximum atomic E-state index is 12.0. The lowest BCUT2D eigenvalue weighted by atomic mass is 9.87.